The second kappa shape index (κ2) is 4.31. The maximum atomic E-state index is 13.3. The summed E-state index contributed by atoms with van der Waals surface area (Å²) in [6.07, 6.45) is 0. The Hall–Kier alpha value is -0.660. The molecular formula is C7H3Cl2F3O3S. The second-order valence-corrected chi connectivity index (χ2v) is 5.44. The van der Waals surface area contributed by atoms with Gasteiger partial charge in [-0.1, -0.05) is 11.6 Å². The van der Waals surface area contributed by atoms with Crippen LogP contribution in [0.3, 0.4) is 0 Å². The molecule has 0 saturated heterocycles. The van der Waals surface area contributed by atoms with E-state index in [4.69, 9.17) is 22.3 Å². The first-order valence-electron chi connectivity index (χ1n) is 3.56. The summed E-state index contributed by atoms with van der Waals surface area (Å²) in [7, 11) is 1.02. The lowest BCUT2D eigenvalue weighted by Crippen LogP contribution is -2.06. The van der Waals surface area contributed by atoms with E-state index in [0.29, 0.717) is 0 Å². The molecule has 0 atom stereocenters. The number of benzene rings is 1. The largest absolute Gasteiger partial charge is 0.492 e. The minimum absolute atomic E-state index is 0.830. The number of hydrogen-bond acceptors (Lipinski definition) is 3. The van der Waals surface area contributed by atoms with Gasteiger partial charge in [0.05, 0.1) is 7.11 Å². The topological polar surface area (TPSA) is 43.4 Å². The van der Waals surface area contributed by atoms with Gasteiger partial charge < -0.3 is 4.74 Å². The molecule has 1 aromatic rings. The van der Waals surface area contributed by atoms with Crippen molar-refractivity contribution in [2.75, 3.05) is 7.11 Å². The molecule has 90 valence electrons. The van der Waals surface area contributed by atoms with Crippen molar-refractivity contribution in [3.8, 4) is 5.75 Å². The summed E-state index contributed by atoms with van der Waals surface area (Å²) in [5.41, 5.74) is 0. The van der Waals surface area contributed by atoms with Gasteiger partial charge in [0, 0.05) is 10.7 Å². The van der Waals surface area contributed by atoms with Crippen molar-refractivity contribution in [1.29, 1.82) is 0 Å². The van der Waals surface area contributed by atoms with Crippen molar-refractivity contribution in [3.05, 3.63) is 22.5 Å². The van der Waals surface area contributed by atoms with E-state index in [-0.39, 0.29) is 0 Å². The van der Waals surface area contributed by atoms with E-state index in [1.165, 1.54) is 0 Å². The molecule has 9 heteroatoms. The highest BCUT2D eigenvalue weighted by atomic mass is 35.7. The fourth-order valence-electron chi connectivity index (χ4n) is 0.991. The van der Waals surface area contributed by atoms with Crippen molar-refractivity contribution in [1.82, 2.24) is 0 Å². The van der Waals surface area contributed by atoms with Crippen LogP contribution in [0.5, 0.6) is 5.75 Å². The lowest BCUT2D eigenvalue weighted by atomic mass is 10.3. The molecule has 0 bridgehead atoms. The average Bonchev–Trinajstić information content (AvgIpc) is 2.18. The molecule has 0 aliphatic heterocycles. The van der Waals surface area contributed by atoms with Gasteiger partial charge in [0.2, 0.25) is 5.82 Å². The van der Waals surface area contributed by atoms with Gasteiger partial charge >= 0.3 is 0 Å². The van der Waals surface area contributed by atoms with Crippen LogP contribution in [0.1, 0.15) is 0 Å². The first kappa shape index (κ1) is 13.4. The molecule has 0 saturated carbocycles. The number of halogens is 5. The summed E-state index contributed by atoms with van der Waals surface area (Å²) in [5, 5.41) is -1.31. The zero-order chi connectivity index (χ0) is 12.7. The van der Waals surface area contributed by atoms with Crippen LogP contribution in [0.15, 0.2) is 4.90 Å². The number of ether oxygens (including phenoxy) is 1. The highest BCUT2D eigenvalue weighted by molar-refractivity contribution is 8.13. The summed E-state index contributed by atoms with van der Waals surface area (Å²) in [6.45, 7) is 0. The predicted molar refractivity (Wildman–Crippen MR) is 50.9 cm³/mol. The third-order valence-electron chi connectivity index (χ3n) is 1.63. The van der Waals surface area contributed by atoms with Crippen LogP contribution in [-0.2, 0) is 9.05 Å². The zero-order valence-corrected chi connectivity index (χ0v) is 9.85. The Morgan fingerprint density at radius 3 is 2.00 bits per heavy atom. The van der Waals surface area contributed by atoms with Crippen LogP contribution in [0.2, 0.25) is 5.02 Å². The Balaban J connectivity index is 3.87. The Labute approximate surface area is 98.1 Å². The Kier molecular flexibility index (Phi) is 3.61. The molecule has 0 aliphatic rings. The Bertz CT molecular complexity index is 545. The highest BCUT2D eigenvalue weighted by Crippen LogP contribution is 2.38. The second-order valence-electron chi connectivity index (χ2n) is 2.56. The summed E-state index contributed by atoms with van der Waals surface area (Å²) >= 11 is 5.05. The highest BCUT2D eigenvalue weighted by Gasteiger charge is 2.31. The van der Waals surface area contributed by atoms with Crippen molar-refractivity contribution in [2.24, 2.45) is 0 Å². The van der Waals surface area contributed by atoms with Crippen LogP contribution in [0.4, 0.5) is 13.2 Å². The van der Waals surface area contributed by atoms with E-state index in [2.05, 4.69) is 4.74 Å². The van der Waals surface area contributed by atoms with E-state index in [9.17, 15) is 21.6 Å². The van der Waals surface area contributed by atoms with E-state index in [0.717, 1.165) is 7.11 Å². The Morgan fingerprint density at radius 1 is 1.12 bits per heavy atom. The van der Waals surface area contributed by atoms with Crippen LogP contribution >= 0.6 is 22.3 Å². The fourth-order valence-corrected chi connectivity index (χ4v) is 2.35. The van der Waals surface area contributed by atoms with Gasteiger partial charge in [-0.05, 0) is 0 Å². The molecule has 0 fully saturated rings. The maximum absolute atomic E-state index is 13.3. The lowest BCUT2D eigenvalue weighted by molar-refractivity contribution is 0.351. The minimum Gasteiger partial charge on any atom is -0.492 e. The average molecular weight is 295 g/mol. The minimum atomic E-state index is -4.66. The Morgan fingerprint density at radius 2 is 1.62 bits per heavy atom. The number of methoxy groups -OCH3 is 1. The molecule has 0 heterocycles. The van der Waals surface area contributed by atoms with E-state index >= 15 is 0 Å². The summed E-state index contributed by atoms with van der Waals surface area (Å²) in [6, 6.07) is 0. The predicted octanol–water partition coefficient (Wildman–Crippen LogP) is 2.69. The van der Waals surface area contributed by atoms with Crippen LogP contribution in [-0.4, -0.2) is 15.5 Å². The number of hydrogen-bond donors (Lipinski definition) is 0. The van der Waals surface area contributed by atoms with Gasteiger partial charge in [0.1, 0.15) is 5.02 Å². The SMILES string of the molecule is COc1c(F)c(F)c(Cl)c(F)c1S(=O)(=O)Cl. The van der Waals surface area contributed by atoms with Crippen molar-refractivity contribution < 1.29 is 26.3 Å². The van der Waals surface area contributed by atoms with Crippen molar-refractivity contribution >= 4 is 31.3 Å². The summed E-state index contributed by atoms with van der Waals surface area (Å²) in [4.78, 5) is -1.33. The molecule has 3 nitrogen and oxygen atoms in total. The molecule has 1 rings (SSSR count). The van der Waals surface area contributed by atoms with E-state index in [1.54, 1.807) is 0 Å². The monoisotopic (exact) mass is 294 g/mol. The first-order valence-corrected chi connectivity index (χ1v) is 6.25. The fraction of sp³-hybridized carbons (Fsp3) is 0.143. The molecule has 16 heavy (non-hydrogen) atoms. The molecule has 0 aromatic heterocycles. The zero-order valence-electron chi connectivity index (χ0n) is 7.52. The quantitative estimate of drug-likeness (QED) is 0.478. The van der Waals surface area contributed by atoms with Crippen LogP contribution < -0.4 is 4.74 Å². The molecule has 0 radical (unpaired) electrons. The van der Waals surface area contributed by atoms with Gasteiger partial charge in [-0.3, -0.25) is 0 Å². The van der Waals surface area contributed by atoms with Gasteiger partial charge in [-0.2, -0.15) is 4.39 Å². The van der Waals surface area contributed by atoms with Crippen LogP contribution in [0, 0.1) is 17.5 Å². The van der Waals surface area contributed by atoms with Gasteiger partial charge in [-0.15, -0.1) is 0 Å². The van der Waals surface area contributed by atoms with E-state index in [1.807, 2.05) is 0 Å². The molecule has 0 N–H and O–H groups in total. The van der Waals surface area contributed by atoms with Crippen LogP contribution in [0.25, 0.3) is 0 Å². The first-order chi connectivity index (χ1) is 7.21. The molecule has 0 unspecified atom stereocenters. The molecule has 0 aliphatic carbocycles. The number of rotatable bonds is 2. The third-order valence-corrected chi connectivity index (χ3v) is 3.28. The van der Waals surface area contributed by atoms with Gasteiger partial charge in [0.15, 0.2) is 22.3 Å². The van der Waals surface area contributed by atoms with Gasteiger partial charge in [-0.25, -0.2) is 17.2 Å². The lowest BCUT2D eigenvalue weighted by Gasteiger charge is -2.10. The molecular weight excluding hydrogens is 292 g/mol. The normalized spacial score (nSPS) is 11.6. The standard InChI is InChI=1S/C7H3Cl2F3O3S/c1-15-6-5(12)3(10)2(8)4(11)7(6)16(9,13)14/h1H3. The van der Waals surface area contributed by atoms with E-state index < -0.39 is 42.2 Å². The van der Waals surface area contributed by atoms with Crippen molar-refractivity contribution in [2.45, 2.75) is 4.90 Å². The van der Waals surface area contributed by atoms with Crippen molar-refractivity contribution in [3.63, 3.8) is 0 Å². The molecule has 0 amide bonds. The smallest absolute Gasteiger partial charge is 0.268 e. The maximum Gasteiger partial charge on any atom is 0.268 e. The molecule has 1 aromatic carbocycles. The summed E-state index contributed by atoms with van der Waals surface area (Å²) in [5.74, 6) is -6.34. The van der Waals surface area contributed by atoms with Gasteiger partial charge in [0.25, 0.3) is 9.05 Å². The molecule has 0 spiro atoms. The third kappa shape index (κ3) is 2.07. The summed E-state index contributed by atoms with van der Waals surface area (Å²) < 4.78 is 65.5.